The maximum absolute atomic E-state index is 12.5. The van der Waals surface area contributed by atoms with Crippen LogP contribution in [0, 0.1) is 13.8 Å². The third-order valence-electron chi connectivity index (χ3n) is 4.22. The molecule has 2 aromatic heterocycles. The molecule has 0 atom stereocenters. The van der Waals surface area contributed by atoms with E-state index in [1.807, 2.05) is 55.7 Å². The van der Waals surface area contributed by atoms with E-state index in [4.69, 9.17) is 16.1 Å². The third-order valence-corrected chi connectivity index (χ3v) is 4.59. The number of aromatic nitrogens is 3. The molecule has 1 N–H and O–H groups in total. The number of carbonyl (C=O) groups excluding carboxylic acids is 1. The van der Waals surface area contributed by atoms with Gasteiger partial charge in [-0.1, -0.05) is 41.9 Å². The molecule has 0 saturated heterocycles. The Morgan fingerprint density at radius 2 is 2.08 bits per heavy atom. The first-order chi connectivity index (χ1) is 12.5. The van der Waals surface area contributed by atoms with E-state index in [1.54, 1.807) is 0 Å². The van der Waals surface area contributed by atoms with Crippen LogP contribution in [-0.2, 0) is 24.3 Å². The van der Waals surface area contributed by atoms with Crippen molar-refractivity contribution in [3.63, 3.8) is 0 Å². The van der Waals surface area contributed by atoms with E-state index in [0.29, 0.717) is 29.7 Å². The van der Waals surface area contributed by atoms with Gasteiger partial charge >= 0.3 is 0 Å². The molecule has 1 aromatic carbocycles. The summed E-state index contributed by atoms with van der Waals surface area (Å²) in [5, 5.41) is 7.50. The van der Waals surface area contributed by atoms with E-state index in [-0.39, 0.29) is 12.5 Å². The highest BCUT2D eigenvalue weighted by molar-refractivity contribution is 6.31. The number of halogens is 1. The summed E-state index contributed by atoms with van der Waals surface area (Å²) in [6, 6.07) is 9.46. The van der Waals surface area contributed by atoms with E-state index in [0.717, 1.165) is 22.5 Å². The summed E-state index contributed by atoms with van der Waals surface area (Å²) in [4.78, 5) is 16.9. The lowest BCUT2D eigenvalue weighted by atomic mass is 10.2. The number of aryl methyl sites for hydroxylation is 3. The lowest BCUT2D eigenvalue weighted by molar-refractivity contribution is -0.121. The smallest absolute Gasteiger partial charge is 0.274 e. The minimum atomic E-state index is -0.111. The SMILES string of the molecule is CCc1noc(-c2c(C)cc(C)n2CC(=O)NCc2ccccc2Cl)n1. The van der Waals surface area contributed by atoms with Crippen molar-refractivity contribution in [2.75, 3.05) is 0 Å². The molecule has 3 rings (SSSR count). The molecule has 26 heavy (non-hydrogen) atoms. The Balaban J connectivity index is 1.77. The predicted octanol–water partition coefficient (Wildman–Crippen LogP) is 3.69. The molecule has 0 bridgehead atoms. The van der Waals surface area contributed by atoms with Crippen LogP contribution in [-0.4, -0.2) is 20.6 Å². The van der Waals surface area contributed by atoms with E-state index < -0.39 is 0 Å². The molecule has 0 fully saturated rings. The average Bonchev–Trinajstić information content (AvgIpc) is 3.18. The van der Waals surface area contributed by atoms with Crippen molar-refractivity contribution in [2.45, 2.75) is 40.3 Å². The van der Waals surface area contributed by atoms with Crippen LogP contribution in [0.25, 0.3) is 11.6 Å². The monoisotopic (exact) mass is 372 g/mol. The van der Waals surface area contributed by atoms with Gasteiger partial charge in [0.15, 0.2) is 5.82 Å². The van der Waals surface area contributed by atoms with E-state index >= 15 is 0 Å². The summed E-state index contributed by atoms with van der Waals surface area (Å²) in [5.41, 5.74) is 3.62. The Morgan fingerprint density at radius 1 is 1.31 bits per heavy atom. The maximum Gasteiger partial charge on any atom is 0.274 e. The summed E-state index contributed by atoms with van der Waals surface area (Å²) in [6.45, 7) is 6.44. The first kappa shape index (κ1) is 18.2. The van der Waals surface area contributed by atoms with Crippen LogP contribution in [0.2, 0.25) is 5.02 Å². The van der Waals surface area contributed by atoms with Gasteiger partial charge in [0, 0.05) is 23.7 Å². The van der Waals surface area contributed by atoms with Crippen LogP contribution in [0.1, 0.15) is 29.6 Å². The van der Waals surface area contributed by atoms with Crippen LogP contribution >= 0.6 is 11.6 Å². The van der Waals surface area contributed by atoms with Gasteiger partial charge in [-0.3, -0.25) is 4.79 Å². The number of nitrogens with zero attached hydrogens (tertiary/aromatic N) is 3. The quantitative estimate of drug-likeness (QED) is 0.716. The largest absolute Gasteiger partial charge is 0.350 e. The van der Waals surface area contributed by atoms with Crippen molar-refractivity contribution in [1.29, 1.82) is 0 Å². The molecule has 0 spiro atoms. The number of hydrogen-bond donors (Lipinski definition) is 1. The Hall–Kier alpha value is -2.60. The molecule has 0 unspecified atom stereocenters. The highest BCUT2D eigenvalue weighted by atomic mass is 35.5. The van der Waals surface area contributed by atoms with Gasteiger partial charge in [0.1, 0.15) is 12.2 Å². The zero-order chi connectivity index (χ0) is 18.7. The zero-order valence-corrected chi connectivity index (χ0v) is 15.8. The molecular formula is C19H21ClN4O2. The van der Waals surface area contributed by atoms with Crippen molar-refractivity contribution in [3.05, 3.63) is 58.0 Å². The molecule has 136 valence electrons. The predicted molar refractivity (Wildman–Crippen MR) is 99.9 cm³/mol. The molecule has 3 aromatic rings. The maximum atomic E-state index is 12.5. The fraction of sp³-hybridized carbons (Fsp3) is 0.316. The standard InChI is InChI=1S/C19H21ClN4O2/c1-4-16-22-19(26-23-16)18-12(2)9-13(3)24(18)11-17(25)21-10-14-7-5-6-8-15(14)20/h5-9H,4,10-11H2,1-3H3,(H,21,25). The summed E-state index contributed by atoms with van der Waals surface area (Å²) in [7, 11) is 0. The highest BCUT2D eigenvalue weighted by Crippen LogP contribution is 2.26. The first-order valence-corrected chi connectivity index (χ1v) is 8.87. The van der Waals surface area contributed by atoms with Crippen molar-refractivity contribution < 1.29 is 9.32 Å². The van der Waals surface area contributed by atoms with Crippen LogP contribution in [0.4, 0.5) is 0 Å². The molecule has 7 heteroatoms. The summed E-state index contributed by atoms with van der Waals surface area (Å²) >= 11 is 6.13. The lowest BCUT2D eigenvalue weighted by Crippen LogP contribution is -2.27. The number of hydrogen-bond acceptors (Lipinski definition) is 4. The van der Waals surface area contributed by atoms with Gasteiger partial charge < -0.3 is 14.4 Å². The van der Waals surface area contributed by atoms with E-state index in [1.165, 1.54) is 0 Å². The zero-order valence-electron chi connectivity index (χ0n) is 15.0. The Labute approximate surface area is 157 Å². The molecule has 0 aliphatic heterocycles. The van der Waals surface area contributed by atoms with Gasteiger partial charge in [-0.25, -0.2) is 0 Å². The normalized spacial score (nSPS) is 10.9. The molecule has 0 saturated carbocycles. The Morgan fingerprint density at radius 3 is 2.77 bits per heavy atom. The summed E-state index contributed by atoms with van der Waals surface area (Å²) in [6.07, 6.45) is 0.695. The summed E-state index contributed by atoms with van der Waals surface area (Å²) < 4.78 is 7.26. The number of amides is 1. The minimum absolute atomic E-state index is 0.111. The fourth-order valence-corrected chi connectivity index (χ4v) is 3.07. The van der Waals surface area contributed by atoms with Gasteiger partial charge in [-0.2, -0.15) is 4.98 Å². The van der Waals surface area contributed by atoms with Crippen LogP contribution in [0.3, 0.4) is 0 Å². The van der Waals surface area contributed by atoms with Crippen LogP contribution < -0.4 is 5.32 Å². The number of carbonyl (C=O) groups is 1. The van der Waals surface area contributed by atoms with Crippen molar-refractivity contribution in [1.82, 2.24) is 20.0 Å². The third kappa shape index (κ3) is 3.80. The fourth-order valence-electron chi connectivity index (χ4n) is 2.87. The molecule has 0 radical (unpaired) electrons. The summed E-state index contributed by atoms with van der Waals surface area (Å²) in [5.74, 6) is 0.972. The Kier molecular flexibility index (Phi) is 5.42. The second-order valence-corrected chi connectivity index (χ2v) is 6.55. The van der Waals surface area contributed by atoms with Crippen LogP contribution in [0.5, 0.6) is 0 Å². The highest BCUT2D eigenvalue weighted by Gasteiger charge is 2.19. The van der Waals surface area contributed by atoms with Crippen LogP contribution in [0.15, 0.2) is 34.9 Å². The topological polar surface area (TPSA) is 73.0 Å². The first-order valence-electron chi connectivity index (χ1n) is 8.49. The van der Waals surface area contributed by atoms with E-state index in [2.05, 4.69) is 15.5 Å². The van der Waals surface area contributed by atoms with Gasteiger partial charge in [0.25, 0.3) is 5.89 Å². The molecular weight excluding hydrogens is 352 g/mol. The Bertz CT molecular complexity index is 930. The number of benzene rings is 1. The van der Waals surface area contributed by atoms with Crippen molar-refractivity contribution >= 4 is 17.5 Å². The molecule has 6 nitrogen and oxygen atoms in total. The van der Waals surface area contributed by atoms with Crippen molar-refractivity contribution in [2.24, 2.45) is 0 Å². The number of rotatable bonds is 6. The van der Waals surface area contributed by atoms with Gasteiger partial charge in [0.05, 0.1) is 0 Å². The molecule has 2 heterocycles. The van der Waals surface area contributed by atoms with Gasteiger partial charge in [-0.05, 0) is 37.1 Å². The molecule has 1 amide bonds. The minimum Gasteiger partial charge on any atom is -0.350 e. The molecule has 0 aliphatic rings. The second kappa shape index (κ2) is 7.74. The van der Waals surface area contributed by atoms with Gasteiger partial charge in [0.2, 0.25) is 5.91 Å². The van der Waals surface area contributed by atoms with Gasteiger partial charge in [-0.15, -0.1) is 0 Å². The second-order valence-electron chi connectivity index (χ2n) is 6.14. The lowest BCUT2D eigenvalue weighted by Gasteiger charge is -2.11. The molecule has 0 aliphatic carbocycles. The van der Waals surface area contributed by atoms with E-state index in [9.17, 15) is 4.79 Å². The van der Waals surface area contributed by atoms with Crippen molar-refractivity contribution in [3.8, 4) is 11.6 Å². The number of nitrogens with one attached hydrogen (secondary N) is 1. The average molecular weight is 373 g/mol.